The zero-order chi connectivity index (χ0) is 30.8. The summed E-state index contributed by atoms with van der Waals surface area (Å²) < 4.78 is 30.0. The number of aromatic nitrogens is 5. The van der Waals surface area contributed by atoms with E-state index in [1.165, 1.54) is 6.07 Å². The molecule has 0 aliphatic heterocycles. The van der Waals surface area contributed by atoms with Gasteiger partial charge >= 0.3 is 5.76 Å². The summed E-state index contributed by atoms with van der Waals surface area (Å²) in [7, 11) is 0. The van der Waals surface area contributed by atoms with Gasteiger partial charge in [-0.25, -0.2) is 13.7 Å². The number of benzene rings is 2. The first-order valence-electron chi connectivity index (χ1n) is 15.2. The van der Waals surface area contributed by atoms with Gasteiger partial charge in [-0.1, -0.05) is 54.9 Å². The van der Waals surface area contributed by atoms with Crippen molar-refractivity contribution in [3.63, 3.8) is 0 Å². The van der Waals surface area contributed by atoms with Crippen molar-refractivity contribution in [1.29, 1.82) is 0 Å². The van der Waals surface area contributed by atoms with Crippen LogP contribution in [0.3, 0.4) is 0 Å². The Hall–Kier alpha value is -4.35. The molecule has 0 bridgehead atoms. The topological polar surface area (TPSA) is 128 Å². The Bertz CT molecular complexity index is 1880. The van der Waals surface area contributed by atoms with Crippen LogP contribution >= 0.6 is 0 Å². The van der Waals surface area contributed by atoms with Gasteiger partial charge in [-0.15, -0.1) is 0 Å². The van der Waals surface area contributed by atoms with Gasteiger partial charge in [0.1, 0.15) is 11.5 Å². The number of ether oxygens (including phenoxy) is 1. The molecular weight excluding hydrogens is 565 g/mol. The maximum absolute atomic E-state index is 15.8. The second kappa shape index (κ2) is 12.7. The Balaban J connectivity index is 1.35. The third-order valence-electron chi connectivity index (χ3n) is 8.37. The fourth-order valence-electron chi connectivity index (χ4n) is 6.29. The number of nitrogens with zero attached hydrogens (tertiary/aromatic N) is 4. The molecule has 2 aromatic carbocycles. The first-order valence-corrected chi connectivity index (χ1v) is 15.2. The highest BCUT2D eigenvalue weighted by molar-refractivity contribution is 5.80. The normalized spacial score (nSPS) is 17.7. The van der Waals surface area contributed by atoms with Gasteiger partial charge in [-0.3, -0.25) is 18.9 Å². The molecule has 1 saturated carbocycles. The zero-order valence-corrected chi connectivity index (χ0v) is 24.8. The molecule has 11 heteroatoms. The lowest BCUT2D eigenvalue weighted by Crippen LogP contribution is -2.35. The molecule has 0 spiro atoms. The SMILES string of the molecule is CCCc1c(Cc2ccc(-c3ccccc3-c3noc(=O)[nH]3)cc2F)c(=O)n(C2CCC(OCC(C)O)CC2)c2ccnn12. The first kappa shape index (κ1) is 29.7. The molecule has 0 amide bonds. The quantitative estimate of drug-likeness (QED) is 0.229. The molecule has 5 aromatic rings. The summed E-state index contributed by atoms with van der Waals surface area (Å²) in [4.78, 5) is 28.4. The van der Waals surface area contributed by atoms with Gasteiger partial charge in [0.15, 0.2) is 5.82 Å². The lowest BCUT2D eigenvalue weighted by Gasteiger charge is -2.31. The number of H-pyrrole nitrogens is 1. The summed E-state index contributed by atoms with van der Waals surface area (Å²) in [5, 5.41) is 18.0. The van der Waals surface area contributed by atoms with E-state index in [0.717, 1.165) is 43.4 Å². The summed E-state index contributed by atoms with van der Waals surface area (Å²) in [6.45, 7) is 4.06. The minimum Gasteiger partial charge on any atom is -0.391 e. The van der Waals surface area contributed by atoms with Crippen LogP contribution in [0.2, 0.25) is 0 Å². The monoisotopic (exact) mass is 601 g/mol. The Morgan fingerprint density at radius 3 is 2.57 bits per heavy atom. The predicted molar refractivity (Wildman–Crippen MR) is 163 cm³/mol. The Morgan fingerprint density at radius 2 is 1.89 bits per heavy atom. The van der Waals surface area contributed by atoms with Gasteiger partial charge < -0.3 is 9.84 Å². The van der Waals surface area contributed by atoms with Crippen molar-refractivity contribution in [3.05, 3.63) is 98.3 Å². The maximum Gasteiger partial charge on any atom is 0.439 e. The number of halogens is 1. The van der Waals surface area contributed by atoms with E-state index in [4.69, 9.17) is 4.74 Å². The Labute approximate surface area is 253 Å². The van der Waals surface area contributed by atoms with Crippen molar-refractivity contribution < 1.29 is 18.8 Å². The second-order valence-electron chi connectivity index (χ2n) is 11.5. The molecule has 1 atom stereocenters. The van der Waals surface area contributed by atoms with Crippen LogP contribution in [0.1, 0.15) is 68.8 Å². The van der Waals surface area contributed by atoms with E-state index in [1.807, 2.05) is 40.3 Å². The smallest absolute Gasteiger partial charge is 0.391 e. The van der Waals surface area contributed by atoms with Gasteiger partial charge in [0, 0.05) is 29.7 Å². The van der Waals surface area contributed by atoms with E-state index in [9.17, 15) is 14.7 Å². The van der Waals surface area contributed by atoms with Crippen molar-refractivity contribution in [2.45, 2.75) is 77.0 Å². The van der Waals surface area contributed by atoms with Crippen LogP contribution in [0.5, 0.6) is 0 Å². The summed E-state index contributed by atoms with van der Waals surface area (Å²) in [6.07, 6.45) is 5.91. The average molecular weight is 602 g/mol. The first-order chi connectivity index (χ1) is 21.3. The highest BCUT2D eigenvalue weighted by Crippen LogP contribution is 2.33. The highest BCUT2D eigenvalue weighted by atomic mass is 19.1. The van der Waals surface area contributed by atoms with Crippen molar-refractivity contribution in [3.8, 4) is 22.5 Å². The minimum absolute atomic E-state index is 0.0331. The second-order valence-corrected chi connectivity index (χ2v) is 11.5. The van der Waals surface area contributed by atoms with E-state index in [0.29, 0.717) is 40.8 Å². The molecule has 1 aliphatic rings. The Kier molecular flexibility index (Phi) is 8.58. The number of aryl methyl sites for hydroxylation is 1. The van der Waals surface area contributed by atoms with Gasteiger partial charge in [0.05, 0.1) is 30.7 Å². The van der Waals surface area contributed by atoms with Crippen molar-refractivity contribution >= 4 is 5.65 Å². The van der Waals surface area contributed by atoms with Crippen LogP contribution in [-0.4, -0.2) is 48.2 Å². The fraction of sp³-hybridized carbons (Fsp3) is 0.394. The van der Waals surface area contributed by atoms with Crippen LogP contribution in [0, 0.1) is 5.82 Å². The molecule has 3 heterocycles. The molecule has 1 fully saturated rings. The molecule has 230 valence electrons. The number of aliphatic hydroxyl groups excluding tert-OH is 1. The lowest BCUT2D eigenvalue weighted by atomic mass is 9.92. The van der Waals surface area contributed by atoms with E-state index in [1.54, 1.807) is 31.3 Å². The third kappa shape index (κ3) is 5.89. The molecule has 6 rings (SSSR count). The van der Waals surface area contributed by atoms with E-state index in [2.05, 4.69) is 19.8 Å². The molecule has 0 saturated heterocycles. The predicted octanol–water partition coefficient (Wildman–Crippen LogP) is 5.07. The molecule has 10 nitrogen and oxygen atoms in total. The average Bonchev–Trinajstić information content (AvgIpc) is 3.68. The van der Waals surface area contributed by atoms with E-state index < -0.39 is 17.7 Å². The van der Waals surface area contributed by atoms with Gasteiger partial charge in [-0.05, 0) is 61.8 Å². The number of aliphatic hydroxyl groups is 1. The molecular formula is C33H36FN5O5. The van der Waals surface area contributed by atoms with Crippen LogP contribution < -0.4 is 11.3 Å². The lowest BCUT2D eigenvalue weighted by molar-refractivity contribution is -0.0232. The summed E-state index contributed by atoms with van der Waals surface area (Å²) in [6, 6.07) is 14.0. The zero-order valence-electron chi connectivity index (χ0n) is 24.8. The third-order valence-corrected chi connectivity index (χ3v) is 8.37. The molecule has 2 N–H and O–H groups in total. The minimum atomic E-state index is -0.670. The number of nitrogens with one attached hydrogen (secondary N) is 1. The standard InChI is InChI=1S/C33H36FN5O5/c1-3-6-29-27(32(41)38(30-15-16-35-39(29)30)23-11-13-24(14-12-23)43-19-20(2)40)17-22-10-9-21(18-28(22)34)25-7-4-5-8-26(25)31-36-33(42)44-37-31/h4-5,7-10,15-16,18,20,23-24,40H,3,6,11-14,17,19H2,1-2H3,(H,36,37,42). The van der Waals surface area contributed by atoms with Crippen LogP contribution in [0.4, 0.5) is 4.39 Å². The summed E-state index contributed by atoms with van der Waals surface area (Å²) >= 11 is 0. The number of hydrogen-bond acceptors (Lipinski definition) is 7. The maximum atomic E-state index is 15.8. The highest BCUT2D eigenvalue weighted by Gasteiger charge is 2.28. The van der Waals surface area contributed by atoms with Gasteiger partial charge in [-0.2, -0.15) is 5.10 Å². The number of rotatable bonds is 10. The summed E-state index contributed by atoms with van der Waals surface area (Å²) in [5.74, 6) is -0.844. The van der Waals surface area contributed by atoms with Crippen molar-refractivity contribution in [2.75, 3.05) is 6.61 Å². The molecule has 0 radical (unpaired) electrons. The number of hydrogen-bond donors (Lipinski definition) is 2. The van der Waals surface area contributed by atoms with E-state index in [-0.39, 0.29) is 30.0 Å². The molecule has 1 aliphatic carbocycles. The van der Waals surface area contributed by atoms with Crippen molar-refractivity contribution in [2.24, 2.45) is 0 Å². The molecule has 44 heavy (non-hydrogen) atoms. The van der Waals surface area contributed by atoms with Crippen LogP contribution in [-0.2, 0) is 17.6 Å². The molecule has 3 aromatic heterocycles. The van der Waals surface area contributed by atoms with E-state index >= 15 is 4.39 Å². The largest absolute Gasteiger partial charge is 0.439 e. The van der Waals surface area contributed by atoms with Gasteiger partial charge in [0.25, 0.3) is 5.56 Å². The molecule has 1 unspecified atom stereocenters. The number of fused-ring (bicyclic) bond motifs is 1. The number of aromatic amines is 1. The fourth-order valence-corrected chi connectivity index (χ4v) is 6.29. The van der Waals surface area contributed by atoms with Crippen molar-refractivity contribution in [1.82, 2.24) is 24.3 Å². The van der Waals surface area contributed by atoms with Crippen LogP contribution in [0.15, 0.2) is 68.8 Å². The van der Waals surface area contributed by atoms with Crippen LogP contribution in [0.25, 0.3) is 28.2 Å². The van der Waals surface area contributed by atoms with Gasteiger partial charge in [0.2, 0.25) is 0 Å². The summed E-state index contributed by atoms with van der Waals surface area (Å²) in [5.41, 5.74) is 4.27. The Morgan fingerprint density at radius 1 is 1.11 bits per heavy atom.